The van der Waals surface area contributed by atoms with E-state index in [1.54, 1.807) is 0 Å². The molecule has 0 aliphatic heterocycles. The van der Waals surface area contributed by atoms with Crippen molar-refractivity contribution in [2.75, 3.05) is 0 Å². The van der Waals surface area contributed by atoms with E-state index < -0.39 is 0 Å². The van der Waals surface area contributed by atoms with Gasteiger partial charge in [0.15, 0.2) is 0 Å². The summed E-state index contributed by atoms with van der Waals surface area (Å²) in [6.07, 6.45) is 16.3. The third-order valence-electron chi connectivity index (χ3n) is 8.29. The van der Waals surface area contributed by atoms with Crippen LogP contribution in [-0.2, 0) is 0 Å². The van der Waals surface area contributed by atoms with Crippen molar-refractivity contribution in [3.63, 3.8) is 0 Å². The van der Waals surface area contributed by atoms with Gasteiger partial charge in [-0.15, -0.1) is 0 Å². The zero-order valence-corrected chi connectivity index (χ0v) is 17.7. The second kappa shape index (κ2) is 9.09. The van der Waals surface area contributed by atoms with E-state index in [4.69, 9.17) is 0 Å². The van der Waals surface area contributed by atoms with Crippen molar-refractivity contribution in [1.82, 2.24) is 0 Å². The lowest BCUT2D eigenvalue weighted by Crippen LogP contribution is -2.33. The molecule has 0 radical (unpaired) electrons. The molecule has 0 nitrogen and oxygen atoms in total. The molecule has 0 amide bonds. The third-order valence-corrected chi connectivity index (χ3v) is 8.29. The Labute approximate surface area is 153 Å². The monoisotopic (exact) mass is 334 g/mol. The first kappa shape index (κ1) is 20.3. The molecule has 142 valence electrons. The van der Waals surface area contributed by atoms with Gasteiger partial charge in [0.05, 0.1) is 0 Å². The molecule has 0 aromatic heterocycles. The molecule has 0 heterocycles. The van der Waals surface area contributed by atoms with Crippen LogP contribution in [0.4, 0.5) is 0 Å². The van der Waals surface area contributed by atoms with E-state index in [2.05, 4.69) is 41.5 Å². The lowest BCUT2D eigenvalue weighted by atomic mass is 9.63. The zero-order valence-electron chi connectivity index (χ0n) is 17.7. The topological polar surface area (TPSA) is 0 Å². The van der Waals surface area contributed by atoms with Crippen molar-refractivity contribution < 1.29 is 0 Å². The molecule has 2 fully saturated rings. The van der Waals surface area contributed by atoms with Crippen molar-refractivity contribution in [2.45, 2.75) is 112 Å². The molecule has 0 aromatic rings. The lowest BCUT2D eigenvalue weighted by Gasteiger charge is -2.41. The highest BCUT2D eigenvalue weighted by Gasteiger charge is 2.47. The molecular weight excluding hydrogens is 288 g/mol. The van der Waals surface area contributed by atoms with Crippen molar-refractivity contribution >= 4 is 0 Å². The summed E-state index contributed by atoms with van der Waals surface area (Å²) in [5.74, 6) is 5.73. The Morgan fingerprint density at radius 3 is 2.17 bits per heavy atom. The molecule has 2 aliphatic carbocycles. The van der Waals surface area contributed by atoms with E-state index in [1.807, 2.05) is 0 Å². The smallest absolute Gasteiger partial charge is 0.0267 e. The van der Waals surface area contributed by atoms with Crippen molar-refractivity contribution in [3.8, 4) is 0 Å². The number of hydrogen-bond donors (Lipinski definition) is 0. The van der Waals surface area contributed by atoms with Gasteiger partial charge in [0.1, 0.15) is 0 Å². The fourth-order valence-corrected chi connectivity index (χ4v) is 6.25. The molecule has 2 unspecified atom stereocenters. The van der Waals surface area contributed by atoms with Gasteiger partial charge in [-0.2, -0.15) is 0 Å². The van der Waals surface area contributed by atoms with Crippen LogP contribution in [0.1, 0.15) is 112 Å². The van der Waals surface area contributed by atoms with Crippen LogP contribution in [0.5, 0.6) is 0 Å². The number of rotatable bonds is 5. The quantitative estimate of drug-likeness (QED) is 0.476. The second-order valence-corrected chi connectivity index (χ2v) is 10.5. The van der Waals surface area contributed by atoms with Crippen molar-refractivity contribution in [3.05, 3.63) is 0 Å². The fourth-order valence-electron chi connectivity index (χ4n) is 6.25. The summed E-state index contributed by atoms with van der Waals surface area (Å²) in [4.78, 5) is 0. The number of hydrogen-bond acceptors (Lipinski definition) is 0. The van der Waals surface area contributed by atoms with Gasteiger partial charge in [0.25, 0.3) is 0 Å². The van der Waals surface area contributed by atoms with Crippen LogP contribution in [0, 0.1) is 40.9 Å². The van der Waals surface area contributed by atoms with Crippen LogP contribution in [0.2, 0.25) is 0 Å². The molecular formula is C24H46. The third kappa shape index (κ3) is 5.01. The molecule has 2 aliphatic rings. The minimum absolute atomic E-state index is 0.650. The SMILES string of the molecule is CC(C)CCC[C@@H](C)[C@H]1CCC2CCCC(C)[C@@H](C)CCC[C@@]21C. The Balaban J connectivity index is 1.99. The van der Waals surface area contributed by atoms with Crippen LogP contribution < -0.4 is 0 Å². The normalized spacial score (nSPS) is 39.6. The van der Waals surface area contributed by atoms with E-state index in [1.165, 1.54) is 70.6 Å². The predicted octanol–water partition coefficient (Wildman–Crippen LogP) is 8.11. The zero-order chi connectivity index (χ0) is 17.7. The Kier molecular flexibility index (Phi) is 7.69. The average molecular weight is 335 g/mol. The van der Waals surface area contributed by atoms with E-state index in [0.717, 1.165) is 35.5 Å². The van der Waals surface area contributed by atoms with Gasteiger partial charge >= 0.3 is 0 Å². The molecule has 0 spiro atoms. The largest absolute Gasteiger partial charge is 0.0628 e. The summed E-state index contributed by atoms with van der Waals surface area (Å²) in [7, 11) is 0. The summed E-state index contributed by atoms with van der Waals surface area (Å²) in [6, 6.07) is 0. The highest BCUT2D eigenvalue weighted by atomic mass is 14.5. The van der Waals surface area contributed by atoms with E-state index >= 15 is 0 Å². The average Bonchev–Trinajstić information content (AvgIpc) is 2.83. The summed E-state index contributed by atoms with van der Waals surface area (Å²) in [5.41, 5.74) is 0.650. The highest BCUT2D eigenvalue weighted by molar-refractivity contribution is 4.97. The fraction of sp³-hybridized carbons (Fsp3) is 1.00. The summed E-state index contributed by atoms with van der Waals surface area (Å²) >= 11 is 0. The maximum Gasteiger partial charge on any atom is -0.0267 e. The Hall–Kier alpha value is 0. The van der Waals surface area contributed by atoms with Crippen molar-refractivity contribution in [2.24, 2.45) is 40.9 Å². The van der Waals surface area contributed by atoms with Gasteiger partial charge in [0, 0.05) is 0 Å². The molecule has 24 heavy (non-hydrogen) atoms. The first-order valence-electron chi connectivity index (χ1n) is 11.3. The molecule has 2 rings (SSSR count). The molecule has 2 saturated carbocycles. The van der Waals surface area contributed by atoms with Gasteiger partial charge in [-0.25, -0.2) is 0 Å². The standard InChI is InChI=1S/C24H46/c1-18(2)10-7-12-21(5)23-16-15-22-14-8-11-19(3)20(4)13-9-17-24(22,23)6/h18-23H,7-17H2,1-6H3/t19?,20-,21+,22?,23+,24-/m0/s1. The Morgan fingerprint density at radius 1 is 0.833 bits per heavy atom. The number of fused-ring (bicyclic) bond motifs is 1. The Morgan fingerprint density at radius 2 is 1.50 bits per heavy atom. The summed E-state index contributed by atoms with van der Waals surface area (Å²) < 4.78 is 0. The first-order chi connectivity index (χ1) is 11.3. The van der Waals surface area contributed by atoms with Gasteiger partial charge in [-0.3, -0.25) is 0 Å². The van der Waals surface area contributed by atoms with Gasteiger partial charge in [-0.1, -0.05) is 86.5 Å². The van der Waals surface area contributed by atoms with Crippen LogP contribution in [0.15, 0.2) is 0 Å². The Bertz CT molecular complexity index is 357. The van der Waals surface area contributed by atoms with Gasteiger partial charge in [-0.05, 0) is 66.6 Å². The van der Waals surface area contributed by atoms with E-state index in [9.17, 15) is 0 Å². The van der Waals surface area contributed by atoms with Gasteiger partial charge < -0.3 is 0 Å². The summed E-state index contributed by atoms with van der Waals surface area (Å²) in [5, 5.41) is 0. The second-order valence-electron chi connectivity index (χ2n) is 10.5. The van der Waals surface area contributed by atoms with Crippen LogP contribution in [0.25, 0.3) is 0 Å². The molecule has 0 N–H and O–H groups in total. The highest BCUT2D eigenvalue weighted by Crippen LogP contribution is 2.56. The molecule has 0 aromatic carbocycles. The van der Waals surface area contributed by atoms with Crippen LogP contribution in [-0.4, -0.2) is 0 Å². The molecule has 6 atom stereocenters. The van der Waals surface area contributed by atoms with Crippen LogP contribution >= 0.6 is 0 Å². The molecule has 0 saturated heterocycles. The van der Waals surface area contributed by atoms with E-state index in [0.29, 0.717) is 5.41 Å². The summed E-state index contributed by atoms with van der Waals surface area (Å²) in [6.45, 7) is 15.0. The predicted molar refractivity (Wildman–Crippen MR) is 108 cm³/mol. The minimum Gasteiger partial charge on any atom is -0.0628 e. The van der Waals surface area contributed by atoms with E-state index in [-0.39, 0.29) is 0 Å². The lowest BCUT2D eigenvalue weighted by molar-refractivity contribution is 0.0795. The van der Waals surface area contributed by atoms with Gasteiger partial charge in [0.2, 0.25) is 0 Å². The molecule has 0 heteroatoms. The van der Waals surface area contributed by atoms with Crippen LogP contribution in [0.3, 0.4) is 0 Å². The van der Waals surface area contributed by atoms with Crippen molar-refractivity contribution in [1.29, 1.82) is 0 Å². The first-order valence-corrected chi connectivity index (χ1v) is 11.3. The maximum absolute atomic E-state index is 2.70. The molecule has 0 bridgehead atoms. The minimum atomic E-state index is 0.650. The maximum atomic E-state index is 2.70.